The standard InChI is InChI=1S/C16H23F2N3/c1-4-6-7-10-20-16(19-5-2)21-12(3)13-8-9-14(17)15(18)11-13/h4,6,8-9,11-12H,5,7,10H2,1-3H3,(H2,19,20,21)/b6-4+. The van der Waals surface area contributed by atoms with Gasteiger partial charge in [-0.2, -0.15) is 0 Å². The molecule has 0 radical (unpaired) electrons. The first kappa shape index (κ1) is 17.1. The molecule has 1 rings (SSSR count). The van der Waals surface area contributed by atoms with Crippen molar-refractivity contribution >= 4 is 5.96 Å². The minimum atomic E-state index is -0.837. The zero-order chi connectivity index (χ0) is 15.7. The van der Waals surface area contributed by atoms with E-state index in [0.29, 0.717) is 18.1 Å². The number of guanidine groups is 1. The molecule has 0 bridgehead atoms. The van der Waals surface area contributed by atoms with E-state index in [1.54, 1.807) is 6.07 Å². The van der Waals surface area contributed by atoms with Crippen molar-refractivity contribution in [1.29, 1.82) is 0 Å². The maximum atomic E-state index is 13.3. The van der Waals surface area contributed by atoms with Crippen LogP contribution in [0.1, 0.15) is 38.8 Å². The monoisotopic (exact) mass is 295 g/mol. The molecule has 0 aliphatic heterocycles. The molecule has 0 saturated heterocycles. The van der Waals surface area contributed by atoms with Crippen LogP contribution in [-0.4, -0.2) is 19.0 Å². The number of nitrogens with one attached hydrogen (secondary N) is 2. The van der Waals surface area contributed by atoms with E-state index < -0.39 is 11.6 Å². The second-order valence-corrected chi connectivity index (χ2v) is 4.66. The molecular weight excluding hydrogens is 272 g/mol. The van der Waals surface area contributed by atoms with Gasteiger partial charge in [-0.15, -0.1) is 0 Å². The van der Waals surface area contributed by atoms with E-state index in [2.05, 4.69) is 15.6 Å². The van der Waals surface area contributed by atoms with Crippen LogP contribution < -0.4 is 10.6 Å². The van der Waals surface area contributed by atoms with Crippen molar-refractivity contribution in [2.24, 2.45) is 4.99 Å². The smallest absolute Gasteiger partial charge is 0.191 e. The number of rotatable bonds is 6. The van der Waals surface area contributed by atoms with Crippen molar-refractivity contribution < 1.29 is 8.78 Å². The quantitative estimate of drug-likeness (QED) is 0.364. The summed E-state index contributed by atoms with van der Waals surface area (Å²) >= 11 is 0. The molecule has 0 amide bonds. The lowest BCUT2D eigenvalue weighted by molar-refractivity contribution is 0.504. The summed E-state index contributed by atoms with van der Waals surface area (Å²) in [6.07, 6.45) is 4.90. The third kappa shape index (κ3) is 5.94. The first-order valence-corrected chi connectivity index (χ1v) is 7.19. The summed E-state index contributed by atoms with van der Waals surface area (Å²) in [5.74, 6) is -1.01. The van der Waals surface area contributed by atoms with Gasteiger partial charge in [0.15, 0.2) is 17.6 Å². The lowest BCUT2D eigenvalue weighted by atomic mass is 10.1. The summed E-state index contributed by atoms with van der Waals surface area (Å²) < 4.78 is 26.2. The molecule has 0 aliphatic rings. The molecular formula is C16H23F2N3. The molecule has 1 aromatic carbocycles. The minimum absolute atomic E-state index is 0.167. The van der Waals surface area contributed by atoms with Gasteiger partial charge in [0, 0.05) is 13.1 Å². The summed E-state index contributed by atoms with van der Waals surface area (Å²) in [5.41, 5.74) is 0.674. The van der Waals surface area contributed by atoms with E-state index in [9.17, 15) is 8.78 Å². The number of benzene rings is 1. The number of aliphatic imine (C=N–C) groups is 1. The Morgan fingerprint density at radius 1 is 1.33 bits per heavy atom. The van der Waals surface area contributed by atoms with E-state index in [0.717, 1.165) is 19.0 Å². The minimum Gasteiger partial charge on any atom is -0.357 e. The zero-order valence-electron chi connectivity index (χ0n) is 12.8. The van der Waals surface area contributed by atoms with Crippen LogP contribution in [0.4, 0.5) is 8.78 Å². The number of hydrogen-bond acceptors (Lipinski definition) is 1. The largest absolute Gasteiger partial charge is 0.357 e. The normalized spacial score (nSPS) is 13.5. The van der Waals surface area contributed by atoms with Crippen LogP contribution in [0, 0.1) is 11.6 Å². The van der Waals surface area contributed by atoms with Crippen molar-refractivity contribution in [1.82, 2.24) is 10.6 Å². The Morgan fingerprint density at radius 2 is 2.10 bits per heavy atom. The number of nitrogens with zero attached hydrogens (tertiary/aromatic N) is 1. The molecule has 1 unspecified atom stereocenters. The lowest BCUT2D eigenvalue weighted by Gasteiger charge is -2.18. The van der Waals surface area contributed by atoms with Crippen molar-refractivity contribution in [2.45, 2.75) is 33.2 Å². The molecule has 0 saturated carbocycles. The highest BCUT2D eigenvalue weighted by atomic mass is 19.2. The van der Waals surface area contributed by atoms with E-state index in [1.165, 1.54) is 6.07 Å². The van der Waals surface area contributed by atoms with Gasteiger partial charge in [0.1, 0.15) is 0 Å². The van der Waals surface area contributed by atoms with Gasteiger partial charge in [-0.05, 0) is 44.9 Å². The van der Waals surface area contributed by atoms with Gasteiger partial charge in [-0.25, -0.2) is 8.78 Å². The molecule has 0 heterocycles. The molecule has 116 valence electrons. The fourth-order valence-corrected chi connectivity index (χ4v) is 1.81. The molecule has 3 nitrogen and oxygen atoms in total. The average Bonchev–Trinajstić information content (AvgIpc) is 2.46. The number of allylic oxidation sites excluding steroid dienone is 1. The molecule has 5 heteroatoms. The van der Waals surface area contributed by atoms with Crippen LogP contribution in [0.2, 0.25) is 0 Å². The van der Waals surface area contributed by atoms with Gasteiger partial charge in [0.2, 0.25) is 0 Å². The topological polar surface area (TPSA) is 36.4 Å². The number of hydrogen-bond donors (Lipinski definition) is 2. The van der Waals surface area contributed by atoms with Crippen LogP contribution in [-0.2, 0) is 0 Å². The summed E-state index contributed by atoms with van der Waals surface area (Å²) in [7, 11) is 0. The van der Waals surface area contributed by atoms with E-state index >= 15 is 0 Å². The second-order valence-electron chi connectivity index (χ2n) is 4.66. The van der Waals surface area contributed by atoms with Crippen LogP contribution >= 0.6 is 0 Å². The highest BCUT2D eigenvalue weighted by Gasteiger charge is 2.10. The van der Waals surface area contributed by atoms with Gasteiger partial charge in [0.25, 0.3) is 0 Å². The Balaban J connectivity index is 2.70. The van der Waals surface area contributed by atoms with Gasteiger partial charge >= 0.3 is 0 Å². The molecule has 0 fully saturated rings. The molecule has 1 atom stereocenters. The third-order valence-electron chi connectivity index (χ3n) is 2.94. The average molecular weight is 295 g/mol. The van der Waals surface area contributed by atoms with Crippen LogP contribution in [0.5, 0.6) is 0 Å². The number of halogens is 2. The Kier molecular flexibility index (Phi) is 7.43. The highest BCUT2D eigenvalue weighted by molar-refractivity contribution is 5.80. The fourth-order valence-electron chi connectivity index (χ4n) is 1.81. The van der Waals surface area contributed by atoms with Crippen LogP contribution in [0.25, 0.3) is 0 Å². The van der Waals surface area contributed by atoms with Gasteiger partial charge in [-0.3, -0.25) is 4.99 Å². The lowest BCUT2D eigenvalue weighted by Crippen LogP contribution is -2.38. The van der Waals surface area contributed by atoms with Gasteiger partial charge in [-0.1, -0.05) is 18.2 Å². The molecule has 1 aromatic rings. The summed E-state index contributed by atoms with van der Waals surface area (Å²) in [4.78, 5) is 4.43. The molecule has 0 spiro atoms. The van der Waals surface area contributed by atoms with Crippen molar-refractivity contribution in [3.63, 3.8) is 0 Å². The Morgan fingerprint density at radius 3 is 2.71 bits per heavy atom. The van der Waals surface area contributed by atoms with Crippen LogP contribution in [0.15, 0.2) is 35.3 Å². The van der Waals surface area contributed by atoms with Crippen molar-refractivity contribution in [3.05, 3.63) is 47.5 Å². The summed E-state index contributed by atoms with van der Waals surface area (Å²) in [6.45, 7) is 7.24. The Hall–Kier alpha value is -1.91. The zero-order valence-corrected chi connectivity index (χ0v) is 12.8. The Labute approximate surface area is 125 Å². The maximum Gasteiger partial charge on any atom is 0.191 e. The van der Waals surface area contributed by atoms with E-state index in [1.807, 2.05) is 32.9 Å². The second kappa shape index (κ2) is 9.10. The molecule has 0 aromatic heterocycles. The van der Waals surface area contributed by atoms with E-state index in [4.69, 9.17) is 0 Å². The fraction of sp³-hybridized carbons (Fsp3) is 0.438. The SMILES string of the molecule is C/C=C/CCN=C(NCC)NC(C)c1ccc(F)c(F)c1. The van der Waals surface area contributed by atoms with Crippen molar-refractivity contribution in [3.8, 4) is 0 Å². The maximum absolute atomic E-state index is 13.3. The van der Waals surface area contributed by atoms with Gasteiger partial charge in [0.05, 0.1) is 6.04 Å². The molecule has 21 heavy (non-hydrogen) atoms. The van der Waals surface area contributed by atoms with Crippen LogP contribution in [0.3, 0.4) is 0 Å². The summed E-state index contributed by atoms with van der Waals surface area (Å²) in [6, 6.07) is 3.74. The third-order valence-corrected chi connectivity index (χ3v) is 2.94. The van der Waals surface area contributed by atoms with Gasteiger partial charge < -0.3 is 10.6 Å². The highest BCUT2D eigenvalue weighted by Crippen LogP contribution is 2.15. The Bertz CT molecular complexity index is 498. The van der Waals surface area contributed by atoms with E-state index in [-0.39, 0.29) is 6.04 Å². The molecule has 0 aliphatic carbocycles. The molecule has 2 N–H and O–H groups in total. The summed E-state index contributed by atoms with van der Waals surface area (Å²) in [5, 5.41) is 6.32. The predicted octanol–water partition coefficient (Wildman–Crippen LogP) is 3.55. The predicted molar refractivity (Wildman–Crippen MR) is 83.3 cm³/mol. The first-order valence-electron chi connectivity index (χ1n) is 7.19. The first-order chi connectivity index (χ1) is 10.1. The van der Waals surface area contributed by atoms with Crippen molar-refractivity contribution in [2.75, 3.05) is 13.1 Å².